The first-order chi connectivity index (χ1) is 16.4. The molecule has 0 amide bonds. The third kappa shape index (κ3) is 3.18. The molecule has 2 saturated heterocycles. The predicted octanol–water partition coefficient (Wildman–Crippen LogP) is 4.66. The number of esters is 1. The Bertz CT molecular complexity index is 909. The van der Waals surface area contributed by atoms with Crippen LogP contribution >= 0.6 is 0 Å². The number of ketones is 1. The highest BCUT2D eigenvalue weighted by Gasteiger charge is 2.72. The molecule has 0 aromatic heterocycles. The summed E-state index contributed by atoms with van der Waals surface area (Å²) in [4.78, 5) is 25.2. The van der Waals surface area contributed by atoms with Gasteiger partial charge in [-0.3, -0.25) is 9.59 Å². The second-order valence-corrected chi connectivity index (χ2v) is 13.8. The molecule has 6 heteroatoms. The zero-order valence-corrected chi connectivity index (χ0v) is 22.2. The molecular formula is C29H44O6. The van der Waals surface area contributed by atoms with Gasteiger partial charge in [0.25, 0.3) is 0 Å². The molecule has 12 atom stereocenters. The molecule has 196 valence electrons. The van der Waals surface area contributed by atoms with Crippen LogP contribution in [0.25, 0.3) is 0 Å². The second kappa shape index (κ2) is 7.77. The van der Waals surface area contributed by atoms with Gasteiger partial charge >= 0.3 is 5.97 Å². The minimum atomic E-state index is -1.39. The first kappa shape index (κ1) is 24.4. The zero-order valence-electron chi connectivity index (χ0n) is 22.2. The smallest absolute Gasteiger partial charge is 0.302 e. The van der Waals surface area contributed by atoms with Crippen molar-refractivity contribution < 1.29 is 28.9 Å². The van der Waals surface area contributed by atoms with E-state index in [-0.39, 0.29) is 35.8 Å². The minimum Gasteiger partial charge on any atom is -0.462 e. The van der Waals surface area contributed by atoms with Crippen molar-refractivity contribution in [2.75, 3.05) is 6.61 Å². The quantitative estimate of drug-likeness (QED) is 0.541. The molecule has 6 nitrogen and oxygen atoms in total. The number of rotatable bonds is 1. The molecule has 0 aromatic rings. The van der Waals surface area contributed by atoms with Crippen LogP contribution in [0, 0.1) is 46.3 Å². The van der Waals surface area contributed by atoms with Gasteiger partial charge < -0.3 is 19.3 Å². The number of carbonyl (C=O) groups is 2. The maximum absolute atomic E-state index is 13.7. The van der Waals surface area contributed by atoms with Crippen LogP contribution in [0.5, 0.6) is 0 Å². The van der Waals surface area contributed by atoms with Crippen LogP contribution in [0.3, 0.4) is 0 Å². The lowest BCUT2D eigenvalue weighted by Gasteiger charge is -2.63. The summed E-state index contributed by atoms with van der Waals surface area (Å²) in [6, 6.07) is 0. The Morgan fingerprint density at radius 3 is 2.54 bits per heavy atom. The van der Waals surface area contributed by atoms with Gasteiger partial charge in [0.1, 0.15) is 11.7 Å². The highest BCUT2D eigenvalue weighted by molar-refractivity contribution is 5.89. The van der Waals surface area contributed by atoms with Crippen LogP contribution in [-0.4, -0.2) is 47.1 Å². The number of fused-ring (bicyclic) bond motifs is 7. The standard InChI is InChI=1S/C29H44O6/c1-16-6-11-29(33-15-16)17(2)25-23(35-29)13-22-20-12-24(31)28(32)14-19(34-18(3)30)7-10-27(28,5)21(20)8-9-26(22,25)4/h16-17,19-23,25,32H,6-15H2,1-5H3/t16-,17-,19+,20+,21-,22-,23-,25-,26+,27-,28+,29+/m1/s1. The lowest BCUT2D eigenvalue weighted by molar-refractivity contribution is -0.273. The average Bonchev–Trinajstić information content (AvgIpc) is 3.23. The van der Waals surface area contributed by atoms with E-state index < -0.39 is 16.8 Å². The monoisotopic (exact) mass is 488 g/mol. The Morgan fingerprint density at radius 2 is 1.86 bits per heavy atom. The molecule has 6 fully saturated rings. The maximum Gasteiger partial charge on any atom is 0.302 e. The summed E-state index contributed by atoms with van der Waals surface area (Å²) in [5.41, 5.74) is -1.71. The molecule has 2 heterocycles. The topological polar surface area (TPSA) is 82.1 Å². The van der Waals surface area contributed by atoms with Gasteiger partial charge in [0, 0.05) is 37.5 Å². The SMILES string of the molecule is CC(=O)O[C@H]1CC[C@]2(C)[C@@H]3CC[C@]4(C)[C@@H]5[C@@H](C)[C@]6(CC[C@@H](C)CO6)O[C@@H]5C[C@@H]4[C@H]3CC(=O)[C@@]2(O)C1. The molecule has 35 heavy (non-hydrogen) atoms. The Kier molecular flexibility index (Phi) is 5.41. The van der Waals surface area contributed by atoms with Crippen LogP contribution in [0.4, 0.5) is 0 Å². The molecule has 0 radical (unpaired) electrons. The molecule has 4 aliphatic carbocycles. The number of hydrogen-bond acceptors (Lipinski definition) is 6. The van der Waals surface area contributed by atoms with Crippen molar-refractivity contribution in [2.24, 2.45) is 46.3 Å². The van der Waals surface area contributed by atoms with Crippen molar-refractivity contribution in [1.82, 2.24) is 0 Å². The summed E-state index contributed by atoms with van der Waals surface area (Å²) in [5, 5.41) is 11.9. The summed E-state index contributed by atoms with van der Waals surface area (Å²) in [6.45, 7) is 11.4. The van der Waals surface area contributed by atoms with E-state index >= 15 is 0 Å². The lowest BCUT2D eigenvalue weighted by Crippen LogP contribution is -2.67. The van der Waals surface area contributed by atoms with Gasteiger partial charge in [0.2, 0.25) is 0 Å². The first-order valence-corrected chi connectivity index (χ1v) is 14.2. The molecule has 1 N–H and O–H groups in total. The van der Waals surface area contributed by atoms with Gasteiger partial charge in [-0.2, -0.15) is 0 Å². The van der Waals surface area contributed by atoms with Crippen LogP contribution in [0.1, 0.15) is 92.4 Å². The third-order valence-electron chi connectivity index (χ3n) is 12.2. The van der Waals surface area contributed by atoms with Gasteiger partial charge in [-0.1, -0.05) is 27.7 Å². The van der Waals surface area contributed by atoms with E-state index in [1.165, 1.54) is 6.92 Å². The van der Waals surface area contributed by atoms with Crippen LogP contribution in [0.2, 0.25) is 0 Å². The largest absolute Gasteiger partial charge is 0.462 e. The summed E-state index contributed by atoms with van der Waals surface area (Å²) in [6.07, 6.45) is 7.30. The molecule has 6 rings (SSSR count). The number of Topliss-reactive ketones (excluding diaryl/α,β-unsaturated/α-hetero) is 1. The summed E-state index contributed by atoms with van der Waals surface area (Å²) >= 11 is 0. The molecule has 4 saturated carbocycles. The Labute approximate surface area is 209 Å². The van der Waals surface area contributed by atoms with E-state index in [9.17, 15) is 14.7 Å². The van der Waals surface area contributed by atoms with Gasteiger partial charge in [0.15, 0.2) is 11.6 Å². The summed E-state index contributed by atoms with van der Waals surface area (Å²) in [5.74, 6) is 1.68. The van der Waals surface area contributed by atoms with Crippen molar-refractivity contribution in [3.05, 3.63) is 0 Å². The fourth-order valence-corrected chi connectivity index (χ4v) is 10.4. The van der Waals surface area contributed by atoms with Crippen LogP contribution in [0.15, 0.2) is 0 Å². The van der Waals surface area contributed by atoms with Gasteiger partial charge in [-0.05, 0) is 73.5 Å². The van der Waals surface area contributed by atoms with Crippen molar-refractivity contribution in [3.8, 4) is 0 Å². The highest BCUT2D eigenvalue weighted by atomic mass is 16.7. The van der Waals surface area contributed by atoms with Gasteiger partial charge in [-0.25, -0.2) is 0 Å². The van der Waals surface area contributed by atoms with Crippen molar-refractivity contribution >= 4 is 11.8 Å². The minimum absolute atomic E-state index is 0.0329. The van der Waals surface area contributed by atoms with E-state index in [2.05, 4.69) is 27.7 Å². The summed E-state index contributed by atoms with van der Waals surface area (Å²) < 4.78 is 18.7. The molecule has 1 spiro atoms. The molecule has 2 aliphatic heterocycles. The molecular weight excluding hydrogens is 444 g/mol. The van der Waals surface area contributed by atoms with E-state index in [1.54, 1.807) is 0 Å². The number of aliphatic hydroxyl groups is 1. The molecule has 0 bridgehead atoms. The van der Waals surface area contributed by atoms with Crippen LogP contribution < -0.4 is 0 Å². The number of ether oxygens (including phenoxy) is 3. The predicted molar refractivity (Wildman–Crippen MR) is 129 cm³/mol. The second-order valence-electron chi connectivity index (χ2n) is 13.8. The first-order valence-electron chi connectivity index (χ1n) is 14.2. The van der Waals surface area contributed by atoms with E-state index in [4.69, 9.17) is 14.2 Å². The van der Waals surface area contributed by atoms with Crippen LogP contribution in [-0.2, 0) is 23.8 Å². The highest BCUT2D eigenvalue weighted by Crippen LogP contribution is 2.71. The fourth-order valence-electron chi connectivity index (χ4n) is 10.4. The van der Waals surface area contributed by atoms with Crippen molar-refractivity contribution in [3.63, 3.8) is 0 Å². The maximum atomic E-state index is 13.7. The van der Waals surface area contributed by atoms with Crippen molar-refractivity contribution in [1.29, 1.82) is 0 Å². The number of carbonyl (C=O) groups excluding carboxylic acids is 2. The third-order valence-corrected chi connectivity index (χ3v) is 12.2. The summed E-state index contributed by atoms with van der Waals surface area (Å²) in [7, 11) is 0. The molecule has 0 aromatic carbocycles. The molecule has 0 unspecified atom stereocenters. The molecule has 6 aliphatic rings. The zero-order chi connectivity index (χ0) is 25.0. The number of hydrogen-bond donors (Lipinski definition) is 1. The van der Waals surface area contributed by atoms with E-state index in [0.29, 0.717) is 41.9 Å². The van der Waals surface area contributed by atoms with E-state index in [0.717, 1.165) is 51.6 Å². The fraction of sp³-hybridized carbons (Fsp3) is 0.931. The normalized spacial score (nSPS) is 57.3. The van der Waals surface area contributed by atoms with Gasteiger partial charge in [-0.15, -0.1) is 0 Å². The lowest BCUT2D eigenvalue weighted by atomic mass is 9.42. The van der Waals surface area contributed by atoms with E-state index in [1.807, 2.05) is 0 Å². The van der Waals surface area contributed by atoms with Gasteiger partial charge in [0.05, 0.1) is 12.7 Å². The average molecular weight is 489 g/mol. The van der Waals surface area contributed by atoms with Crippen molar-refractivity contribution in [2.45, 2.75) is 116 Å². The Morgan fingerprint density at radius 1 is 1.09 bits per heavy atom. The Balaban J connectivity index is 1.26. The Hall–Kier alpha value is -0.980.